The molecule has 0 radical (unpaired) electrons. The minimum Gasteiger partial charge on any atom is -0.398 e. The van der Waals surface area contributed by atoms with Crippen LogP contribution in [0.3, 0.4) is 0 Å². The summed E-state index contributed by atoms with van der Waals surface area (Å²) in [5.41, 5.74) is 12.8. The number of H-pyrrole nitrogens is 1. The minimum atomic E-state index is -4.47. The molecule has 0 saturated heterocycles. The zero-order valence-electron chi connectivity index (χ0n) is 10.8. The third-order valence-electron chi connectivity index (χ3n) is 3.39. The first-order valence-corrected chi connectivity index (χ1v) is 6.20. The number of nitrogens with one attached hydrogen (secondary N) is 1. The lowest BCUT2D eigenvalue weighted by molar-refractivity contribution is -0.137. The Morgan fingerprint density at radius 2 is 1.57 bits per heavy atom. The second-order valence-electron chi connectivity index (χ2n) is 4.78. The van der Waals surface area contributed by atoms with Gasteiger partial charge in [-0.25, -0.2) is 0 Å². The average Bonchev–Trinajstić information content (AvgIpc) is 2.81. The summed E-state index contributed by atoms with van der Waals surface area (Å²) in [6, 6.07) is 9.26. The lowest BCUT2D eigenvalue weighted by Crippen LogP contribution is -2.08. The molecule has 0 aliphatic heterocycles. The summed E-state index contributed by atoms with van der Waals surface area (Å²) < 4.78 is 38.3. The number of rotatable bonds is 1. The number of alkyl halides is 3. The largest absolute Gasteiger partial charge is 0.416 e. The summed E-state index contributed by atoms with van der Waals surface area (Å²) >= 11 is 0. The molecular formula is C15H12F3N3. The fraction of sp³-hybridized carbons (Fsp3) is 0.0667. The third-order valence-corrected chi connectivity index (χ3v) is 3.39. The summed E-state index contributed by atoms with van der Waals surface area (Å²) in [5, 5.41) is 0.857. The van der Waals surface area contributed by atoms with Crippen molar-refractivity contribution in [3.05, 3.63) is 48.2 Å². The number of nitrogens with two attached hydrogens (primary N) is 2. The molecule has 0 fully saturated rings. The molecule has 21 heavy (non-hydrogen) atoms. The Morgan fingerprint density at radius 1 is 0.952 bits per heavy atom. The first-order chi connectivity index (χ1) is 9.88. The Morgan fingerprint density at radius 3 is 2.19 bits per heavy atom. The number of halogens is 3. The Bertz CT molecular complexity index is 795. The number of fused-ring (bicyclic) bond motifs is 1. The molecule has 0 unspecified atom stereocenters. The fourth-order valence-electron chi connectivity index (χ4n) is 2.44. The van der Waals surface area contributed by atoms with Crippen LogP contribution >= 0.6 is 0 Å². The highest BCUT2D eigenvalue weighted by Gasteiger charge is 2.32. The van der Waals surface area contributed by atoms with Crippen molar-refractivity contribution in [2.75, 3.05) is 11.5 Å². The molecule has 0 atom stereocenters. The average molecular weight is 291 g/mol. The topological polar surface area (TPSA) is 67.8 Å². The van der Waals surface area contributed by atoms with Crippen LogP contribution in [0.25, 0.3) is 22.0 Å². The Labute approximate surface area is 118 Å². The van der Waals surface area contributed by atoms with Gasteiger partial charge >= 0.3 is 6.18 Å². The van der Waals surface area contributed by atoms with E-state index in [1.807, 2.05) is 24.3 Å². The molecule has 0 spiro atoms. The van der Waals surface area contributed by atoms with E-state index in [9.17, 15) is 13.2 Å². The highest BCUT2D eigenvalue weighted by Crippen LogP contribution is 2.40. The van der Waals surface area contributed by atoms with Crippen LogP contribution in [0.5, 0.6) is 0 Å². The molecule has 0 bridgehead atoms. The molecule has 2 aromatic carbocycles. The van der Waals surface area contributed by atoms with Gasteiger partial charge in [-0.05, 0) is 18.2 Å². The summed E-state index contributed by atoms with van der Waals surface area (Å²) in [6.07, 6.45) is -2.78. The molecule has 6 heteroatoms. The van der Waals surface area contributed by atoms with E-state index in [1.165, 1.54) is 0 Å². The Hall–Kier alpha value is -2.63. The quantitative estimate of drug-likeness (QED) is 0.593. The molecule has 3 rings (SSSR count). The normalized spacial score (nSPS) is 12.0. The zero-order chi connectivity index (χ0) is 15.2. The van der Waals surface area contributed by atoms with Crippen LogP contribution in [0.2, 0.25) is 0 Å². The Kier molecular flexibility index (Phi) is 2.83. The summed E-state index contributed by atoms with van der Waals surface area (Å²) in [4.78, 5) is 3.05. The van der Waals surface area contributed by atoms with Crippen LogP contribution in [0, 0.1) is 0 Å². The zero-order valence-corrected chi connectivity index (χ0v) is 10.8. The van der Waals surface area contributed by atoms with Crippen molar-refractivity contribution < 1.29 is 13.2 Å². The van der Waals surface area contributed by atoms with Crippen molar-refractivity contribution >= 4 is 22.3 Å². The molecule has 0 saturated carbocycles. The molecular weight excluding hydrogens is 279 g/mol. The van der Waals surface area contributed by atoms with E-state index >= 15 is 0 Å². The maximum atomic E-state index is 12.8. The first-order valence-electron chi connectivity index (χ1n) is 6.20. The monoisotopic (exact) mass is 291 g/mol. The highest BCUT2D eigenvalue weighted by atomic mass is 19.4. The molecule has 0 aliphatic carbocycles. The van der Waals surface area contributed by atoms with Gasteiger partial charge in [0.05, 0.1) is 5.56 Å². The van der Waals surface area contributed by atoms with Crippen molar-refractivity contribution in [1.82, 2.24) is 4.98 Å². The van der Waals surface area contributed by atoms with Crippen molar-refractivity contribution in [3.63, 3.8) is 0 Å². The molecule has 3 nitrogen and oxygen atoms in total. The second-order valence-corrected chi connectivity index (χ2v) is 4.78. The van der Waals surface area contributed by atoms with Gasteiger partial charge in [0, 0.05) is 39.6 Å². The second kappa shape index (κ2) is 4.44. The summed E-state index contributed by atoms with van der Waals surface area (Å²) in [5.74, 6) is 0. The molecule has 1 aromatic heterocycles. The maximum absolute atomic E-state index is 12.8. The highest BCUT2D eigenvalue weighted by molar-refractivity contribution is 6.02. The van der Waals surface area contributed by atoms with E-state index in [2.05, 4.69) is 4.98 Å². The number of aromatic amines is 1. The number of benzene rings is 2. The van der Waals surface area contributed by atoms with Crippen LogP contribution in [0.15, 0.2) is 42.6 Å². The molecule has 108 valence electrons. The van der Waals surface area contributed by atoms with E-state index in [0.717, 1.165) is 23.0 Å². The van der Waals surface area contributed by atoms with Crippen LogP contribution < -0.4 is 11.5 Å². The van der Waals surface area contributed by atoms with Gasteiger partial charge in [-0.3, -0.25) is 0 Å². The van der Waals surface area contributed by atoms with E-state index < -0.39 is 11.7 Å². The van der Waals surface area contributed by atoms with Gasteiger partial charge in [0.15, 0.2) is 0 Å². The lowest BCUT2D eigenvalue weighted by Gasteiger charge is -2.13. The number of hydrogen-bond donors (Lipinski definition) is 3. The summed E-state index contributed by atoms with van der Waals surface area (Å²) in [7, 11) is 0. The van der Waals surface area contributed by atoms with E-state index in [-0.39, 0.29) is 11.4 Å². The molecule has 5 N–H and O–H groups in total. The first kappa shape index (κ1) is 13.4. The van der Waals surface area contributed by atoms with Crippen LogP contribution in [0.1, 0.15) is 5.56 Å². The SMILES string of the molecule is Nc1cc(C(F)(F)F)cc(N)c1-c1c[nH]c2ccccc12. The van der Waals surface area contributed by atoms with Crippen LogP contribution in [-0.2, 0) is 6.18 Å². The van der Waals surface area contributed by atoms with Crippen molar-refractivity contribution in [3.8, 4) is 11.1 Å². The van der Waals surface area contributed by atoms with Gasteiger partial charge in [0.1, 0.15) is 0 Å². The van der Waals surface area contributed by atoms with E-state index in [0.29, 0.717) is 11.1 Å². The number of hydrogen-bond acceptors (Lipinski definition) is 2. The molecule has 3 aromatic rings. The molecule has 0 aliphatic rings. The summed E-state index contributed by atoms with van der Waals surface area (Å²) in [6.45, 7) is 0. The number of anilines is 2. The number of para-hydroxylation sites is 1. The molecule has 1 heterocycles. The van der Waals surface area contributed by atoms with Gasteiger partial charge in [-0.2, -0.15) is 13.2 Å². The predicted molar refractivity (Wildman–Crippen MR) is 77.6 cm³/mol. The van der Waals surface area contributed by atoms with Gasteiger partial charge in [0.25, 0.3) is 0 Å². The third kappa shape index (κ3) is 2.18. The van der Waals surface area contributed by atoms with Gasteiger partial charge in [0.2, 0.25) is 0 Å². The number of nitrogen functional groups attached to an aromatic ring is 2. The molecule has 0 amide bonds. The van der Waals surface area contributed by atoms with Crippen LogP contribution in [0.4, 0.5) is 24.5 Å². The Balaban J connectivity index is 2.24. The van der Waals surface area contributed by atoms with Crippen molar-refractivity contribution in [1.29, 1.82) is 0 Å². The van der Waals surface area contributed by atoms with E-state index in [1.54, 1.807) is 6.20 Å². The predicted octanol–water partition coefficient (Wildman–Crippen LogP) is 4.02. The smallest absolute Gasteiger partial charge is 0.398 e. The van der Waals surface area contributed by atoms with Gasteiger partial charge < -0.3 is 16.5 Å². The van der Waals surface area contributed by atoms with Gasteiger partial charge in [-0.1, -0.05) is 18.2 Å². The fourth-order valence-corrected chi connectivity index (χ4v) is 2.44. The van der Waals surface area contributed by atoms with Crippen LogP contribution in [-0.4, -0.2) is 4.98 Å². The lowest BCUT2D eigenvalue weighted by atomic mass is 9.99. The standard InChI is InChI=1S/C15H12F3N3/c16-15(17,18)8-5-11(19)14(12(20)6-8)10-7-21-13-4-2-1-3-9(10)13/h1-7,21H,19-20H2. The maximum Gasteiger partial charge on any atom is 0.416 e. The minimum absolute atomic E-state index is 0.00655. The number of aromatic nitrogens is 1. The van der Waals surface area contributed by atoms with Crippen molar-refractivity contribution in [2.24, 2.45) is 0 Å². The van der Waals surface area contributed by atoms with Crippen molar-refractivity contribution in [2.45, 2.75) is 6.18 Å². The van der Waals surface area contributed by atoms with Gasteiger partial charge in [-0.15, -0.1) is 0 Å². The van der Waals surface area contributed by atoms with E-state index in [4.69, 9.17) is 11.5 Å².